The van der Waals surface area contributed by atoms with Crippen molar-refractivity contribution < 1.29 is 0 Å². The molecule has 8 nitrogen and oxygen atoms in total. The molecular formula is C20H22N8. The number of benzene rings is 1. The number of fused-ring (bicyclic) bond motifs is 2. The first-order chi connectivity index (χ1) is 13.6. The summed E-state index contributed by atoms with van der Waals surface area (Å²) in [6, 6.07) is 8.73. The van der Waals surface area contributed by atoms with Crippen LogP contribution in [0.1, 0.15) is 6.92 Å². The highest BCUT2D eigenvalue weighted by Gasteiger charge is 2.28. The zero-order valence-electron chi connectivity index (χ0n) is 15.9. The SMILES string of the molecule is CC1CN(c2cccc3cnccc23)CCN1c1nc(N)nc2c1ncn2C. The molecule has 1 aliphatic heterocycles. The Hall–Kier alpha value is -3.42. The molecule has 2 N–H and O–H groups in total. The summed E-state index contributed by atoms with van der Waals surface area (Å²) in [5.74, 6) is 1.10. The molecule has 0 amide bonds. The number of anilines is 3. The van der Waals surface area contributed by atoms with Crippen molar-refractivity contribution >= 4 is 39.4 Å². The first-order valence-corrected chi connectivity index (χ1v) is 9.40. The highest BCUT2D eigenvalue weighted by Crippen LogP contribution is 2.31. The van der Waals surface area contributed by atoms with Crippen molar-refractivity contribution in [1.29, 1.82) is 0 Å². The molecule has 8 heteroatoms. The molecule has 1 aliphatic rings. The summed E-state index contributed by atoms with van der Waals surface area (Å²) in [6.07, 6.45) is 5.53. The van der Waals surface area contributed by atoms with Gasteiger partial charge in [-0.05, 0) is 19.1 Å². The molecule has 1 fully saturated rings. The maximum Gasteiger partial charge on any atom is 0.224 e. The van der Waals surface area contributed by atoms with E-state index < -0.39 is 0 Å². The molecule has 0 radical (unpaired) electrons. The molecule has 0 spiro atoms. The first-order valence-electron chi connectivity index (χ1n) is 9.40. The Morgan fingerprint density at radius 2 is 2.04 bits per heavy atom. The number of aryl methyl sites for hydroxylation is 1. The number of nitrogens with two attached hydrogens (primary N) is 1. The summed E-state index contributed by atoms with van der Waals surface area (Å²) in [4.78, 5) is 22.3. The summed E-state index contributed by atoms with van der Waals surface area (Å²) < 4.78 is 1.88. The van der Waals surface area contributed by atoms with Gasteiger partial charge in [-0.3, -0.25) is 4.98 Å². The molecule has 1 unspecified atom stereocenters. The van der Waals surface area contributed by atoms with Crippen LogP contribution in [0.25, 0.3) is 21.9 Å². The van der Waals surface area contributed by atoms with Crippen molar-refractivity contribution in [2.45, 2.75) is 13.0 Å². The Bertz CT molecular complexity index is 1160. The van der Waals surface area contributed by atoms with Crippen LogP contribution in [0.3, 0.4) is 0 Å². The quantitative estimate of drug-likeness (QED) is 0.575. The summed E-state index contributed by atoms with van der Waals surface area (Å²) >= 11 is 0. The van der Waals surface area contributed by atoms with Crippen molar-refractivity contribution in [3.05, 3.63) is 43.0 Å². The maximum atomic E-state index is 5.98. The van der Waals surface area contributed by atoms with Crippen molar-refractivity contribution in [3.8, 4) is 0 Å². The van der Waals surface area contributed by atoms with E-state index in [0.29, 0.717) is 0 Å². The lowest BCUT2D eigenvalue weighted by molar-refractivity contribution is 0.548. The minimum atomic E-state index is 0.255. The molecule has 0 bridgehead atoms. The van der Waals surface area contributed by atoms with Gasteiger partial charge in [0.2, 0.25) is 5.95 Å². The van der Waals surface area contributed by atoms with Crippen LogP contribution >= 0.6 is 0 Å². The van der Waals surface area contributed by atoms with E-state index in [9.17, 15) is 0 Å². The molecule has 3 aromatic heterocycles. The second-order valence-corrected chi connectivity index (χ2v) is 7.30. The van der Waals surface area contributed by atoms with Crippen LogP contribution < -0.4 is 15.5 Å². The normalized spacial score (nSPS) is 17.6. The Morgan fingerprint density at radius 3 is 2.89 bits per heavy atom. The van der Waals surface area contributed by atoms with Crippen LogP contribution in [-0.4, -0.2) is 50.2 Å². The van der Waals surface area contributed by atoms with E-state index >= 15 is 0 Å². The van der Waals surface area contributed by atoms with E-state index in [4.69, 9.17) is 5.73 Å². The van der Waals surface area contributed by atoms with Gasteiger partial charge in [-0.2, -0.15) is 9.97 Å². The van der Waals surface area contributed by atoms with Crippen molar-refractivity contribution in [1.82, 2.24) is 24.5 Å². The van der Waals surface area contributed by atoms with E-state index in [0.717, 1.165) is 42.0 Å². The number of nitrogens with zero attached hydrogens (tertiary/aromatic N) is 7. The van der Waals surface area contributed by atoms with Crippen LogP contribution in [0.5, 0.6) is 0 Å². The van der Waals surface area contributed by atoms with E-state index in [-0.39, 0.29) is 12.0 Å². The van der Waals surface area contributed by atoms with E-state index in [2.05, 4.69) is 60.9 Å². The Labute approximate surface area is 162 Å². The lowest BCUT2D eigenvalue weighted by atomic mass is 10.1. The Balaban J connectivity index is 1.48. The van der Waals surface area contributed by atoms with E-state index in [1.54, 1.807) is 6.33 Å². The molecule has 0 aliphatic carbocycles. The van der Waals surface area contributed by atoms with Gasteiger partial charge in [-0.15, -0.1) is 0 Å². The van der Waals surface area contributed by atoms with Gasteiger partial charge in [-0.1, -0.05) is 12.1 Å². The van der Waals surface area contributed by atoms with E-state index in [1.807, 2.05) is 24.0 Å². The fraction of sp³-hybridized carbons (Fsp3) is 0.300. The number of rotatable bonds is 2. The van der Waals surface area contributed by atoms with Gasteiger partial charge < -0.3 is 20.1 Å². The summed E-state index contributed by atoms with van der Waals surface area (Å²) in [5.41, 5.74) is 8.79. The average Bonchev–Trinajstić information content (AvgIpc) is 3.08. The Morgan fingerprint density at radius 1 is 1.14 bits per heavy atom. The smallest absolute Gasteiger partial charge is 0.224 e. The van der Waals surface area contributed by atoms with Crippen molar-refractivity contribution in [3.63, 3.8) is 0 Å². The third-order valence-corrected chi connectivity index (χ3v) is 5.46. The minimum Gasteiger partial charge on any atom is -0.368 e. The number of aromatic nitrogens is 5. The first kappa shape index (κ1) is 16.7. The molecule has 1 saturated heterocycles. The number of imidazole rings is 1. The van der Waals surface area contributed by atoms with Crippen molar-refractivity contribution in [2.24, 2.45) is 7.05 Å². The van der Waals surface area contributed by atoms with Crippen LogP contribution in [0, 0.1) is 0 Å². The fourth-order valence-corrected chi connectivity index (χ4v) is 4.08. The monoisotopic (exact) mass is 374 g/mol. The van der Waals surface area contributed by atoms with Crippen LogP contribution in [0.2, 0.25) is 0 Å². The van der Waals surface area contributed by atoms with Gasteiger partial charge in [0.25, 0.3) is 0 Å². The molecule has 142 valence electrons. The molecular weight excluding hydrogens is 352 g/mol. The third-order valence-electron chi connectivity index (χ3n) is 5.46. The number of nitrogen functional groups attached to an aromatic ring is 1. The topological polar surface area (TPSA) is 89.0 Å². The van der Waals surface area contributed by atoms with Crippen LogP contribution in [0.4, 0.5) is 17.5 Å². The Kier molecular flexibility index (Phi) is 3.78. The molecule has 4 heterocycles. The maximum absolute atomic E-state index is 5.98. The summed E-state index contributed by atoms with van der Waals surface area (Å²) in [6.45, 7) is 4.83. The second kappa shape index (κ2) is 6.33. The van der Waals surface area contributed by atoms with E-state index in [1.165, 1.54) is 11.1 Å². The van der Waals surface area contributed by atoms with Crippen molar-refractivity contribution in [2.75, 3.05) is 35.2 Å². The third kappa shape index (κ3) is 2.60. The lowest BCUT2D eigenvalue weighted by Crippen LogP contribution is -2.52. The molecule has 4 aromatic rings. The fourth-order valence-electron chi connectivity index (χ4n) is 4.08. The van der Waals surface area contributed by atoms with Crippen LogP contribution in [0.15, 0.2) is 43.0 Å². The molecule has 1 atom stereocenters. The summed E-state index contributed by atoms with van der Waals surface area (Å²) in [7, 11) is 1.92. The highest BCUT2D eigenvalue weighted by molar-refractivity contribution is 5.94. The largest absolute Gasteiger partial charge is 0.368 e. The highest BCUT2D eigenvalue weighted by atomic mass is 15.3. The minimum absolute atomic E-state index is 0.255. The number of hydrogen-bond acceptors (Lipinski definition) is 7. The summed E-state index contributed by atoms with van der Waals surface area (Å²) in [5, 5.41) is 2.39. The van der Waals surface area contributed by atoms with Gasteiger partial charge in [0, 0.05) is 61.6 Å². The molecule has 28 heavy (non-hydrogen) atoms. The van der Waals surface area contributed by atoms with Crippen LogP contribution in [-0.2, 0) is 7.05 Å². The predicted octanol–water partition coefficient (Wildman–Crippen LogP) is 2.21. The number of hydrogen-bond donors (Lipinski definition) is 1. The average molecular weight is 374 g/mol. The standard InChI is InChI=1S/C20H22N8/c1-13-11-27(16-5-3-4-14-10-22-7-6-15(14)16)8-9-28(13)19-17-18(24-20(21)25-19)26(2)12-23-17/h3-7,10,12-13H,8-9,11H2,1-2H3,(H2,21,24,25). The number of piperazine rings is 1. The van der Waals surface area contributed by atoms with Gasteiger partial charge >= 0.3 is 0 Å². The zero-order chi connectivity index (χ0) is 19.3. The zero-order valence-corrected chi connectivity index (χ0v) is 15.9. The lowest BCUT2D eigenvalue weighted by Gasteiger charge is -2.42. The van der Waals surface area contributed by atoms with Gasteiger partial charge in [0.05, 0.1) is 6.33 Å². The predicted molar refractivity (Wildman–Crippen MR) is 111 cm³/mol. The molecule has 5 rings (SSSR count). The van der Waals surface area contributed by atoms with Gasteiger partial charge in [0.1, 0.15) is 0 Å². The molecule has 1 aromatic carbocycles. The van der Waals surface area contributed by atoms with Gasteiger partial charge in [0.15, 0.2) is 17.0 Å². The number of pyridine rings is 1. The van der Waals surface area contributed by atoms with Gasteiger partial charge in [-0.25, -0.2) is 4.98 Å². The second-order valence-electron chi connectivity index (χ2n) is 7.30. The molecule has 0 saturated carbocycles.